The molecule has 0 saturated carbocycles. The van der Waals surface area contributed by atoms with Crippen LogP contribution in [0.1, 0.15) is 21.5 Å². The number of sulfonamides is 1. The van der Waals surface area contributed by atoms with Gasteiger partial charge in [-0.15, -0.1) is 0 Å². The number of carboxylic acid groups (broad SMARTS) is 1. The Morgan fingerprint density at radius 1 is 0.821 bits per heavy atom. The molecule has 0 aliphatic heterocycles. The zero-order valence-corrected chi connectivity index (χ0v) is 16.4. The molecule has 5 nitrogen and oxygen atoms in total. The van der Waals surface area contributed by atoms with E-state index in [-0.39, 0.29) is 10.5 Å². The maximum absolute atomic E-state index is 12.4. The largest absolute Gasteiger partial charge is 0.478 e. The quantitative estimate of drug-likeness (QED) is 0.589. The van der Waals surface area contributed by atoms with Gasteiger partial charge in [-0.2, -0.15) is 0 Å². The summed E-state index contributed by atoms with van der Waals surface area (Å²) in [6.45, 7) is 0. The Hall–Kier alpha value is -2.83. The number of hydrogen-bond acceptors (Lipinski definition) is 3. The SMILES string of the molecule is O=C(O)c1ccc(CCc2ccc(NS(=O)(=O)c3ccc(Cl)cc3)cc2)cc1. The van der Waals surface area contributed by atoms with E-state index in [0.717, 1.165) is 24.0 Å². The molecule has 0 radical (unpaired) electrons. The van der Waals surface area contributed by atoms with Crippen molar-refractivity contribution in [3.05, 3.63) is 94.5 Å². The Morgan fingerprint density at radius 3 is 1.82 bits per heavy atom. The van der Waals surface area contributed by atoms with Gasteiger partial charge in [0.25, 0.3) is 10.0 Å². The molecule has 28 heavy (non-hydrogen) atoms. The van der Waals surface area contributed by atoms with Gasteiger partial charge in [0.05, 0.1) is 10.5 Å². The number of carbonyl (C=O) groups is 1. The highest BCUT2D eigenvalue weighted by atomic mass is 35.5. The lowest BCUT2D eigenvalue weighted by Gasteiger charge is -2.09. The van der Waals surface area contributed by atoms with Crippen LogP contribution in [0.5, 0.6) is 0 Å². The maximum atomic E-state index is 12.4. The number of halogens is 1. The lowest BCUT2D eigenvalue weighted by atomic mass is 10.0. The summed E-state index contributed by atoms with van der Waals surface area (Å²) in [5, 5.41) is 9.39. The number of rotatable bonds is 7. The summed E-state index contributed by atoms with van der Waals surface area (Å²) in [4.78, 5) is 11.0. The number of benzene rings is 3. The van der Waals surface area contributed by atoms with Gasteiger partial charge in [-0.05, 0) is 72.5 Å². The van der Waals surface area contributed by atoms with E-state index in [4.69, 9.17) is 16.7 Å². The summed E-state index contributed by atoms with van der Waals surface area (Å²) in [5.74, 6) is -0.941. The summed E-state index contributed by atoms with van der Waals surface area (Å²) in [6, 6.07) is 19.9. The van der Waals surface area contributed by atoms with E-state index in [1.807, 2.05) is 12.1 Å². The van der Waals surface area contributed by atoms with Gasteiger partial charge in [0.2, 0.25) is 0 Å². The summed E-state index contributed by atoms with van der Waals surface area (Å²) in [7, 11) is -3.67. The minimum absolute atomic E-state index is 0.144. The van der Waals surface area contributed by atoms with Gasteiger partial charge in [-0.25, -0.2) is 13.2 Å². The molecule has 3 rings (SSSR count). The molecule has 2 N–H and O–H groups in total. The highest BCUT2D eigenvalue weighted by molar-refractivity contribution is 7.92. The van der Waals surface area contributed by atoms with E-state index in [1.54, 1.807) is 36.4 Å². The third-order valence-corrected chi connectivity index (χ3v) is 5.88. The van der Waals surface area contributed by atoms with Crippen molar-refractivity contribution < 1.29 is 18.3 Å². The van der Waals surface area contributed by atoms with Crippen molar-refractivity contribution in [3.8, 4) is 0 Å². The molecule has 3 aromatic rings. The number of aryl methyl sites for hydroxylation is 2. The molecule has 0 unspecified atom stereocenters. The van der Waals surface area contributed by atoms with Crippen LogP contribution in [0.4, 0.5) is 5.69 Å². The molecule has 7 heteroatoms. The third-order valence-electron chi connectivity index (χ3n) is 4.23. The normalized spacial score (nSPS) is 11.2. The van der Waals surface area contributed by atoms with Crippen LogP contribution in [0.15, 0.2) is 77.7 Å². The molecule has 0 fully saturated rings. The van der Waals surface area contributed by atoms with Crippen molar-refractivity contribution in [1.82, 2.24) is 0 Å². The van der Waals surface area contributed by atoms with E-state index >= 15 is 0 Å². The highest BCUT2D eigenvalue weighted by Crippen LogP contribution is 2.19. The van der Waals surface area contributed by atoms with E-state index in [1.165, 1.54) is 24.3 Å². The van der Waals surface area contributed by atoms with Gasteiger partial charge in [0.1, 0.15) is 0 Å². The highest BCUT2D eigenvalue weighted by Gasteiger charge is 2.13. The lowest BCUT2D eigenvalue weighted by molar-refractivity contribution is 0.0697. The van der Waals surface area contributed by atoms with Gasteiger partial charge < -0.3 is 5.11 Å². The van der Waals surface area contributed by atoms with Gasteiger partial charge in [0.15, 0.2) is 0 Å². The molecule has 0 aliphatic carbocycles. The van der Waals surface area contributed by atoms with Crippen molar-refractivity contribution in [2.24, 2.45) is 0 Å². The first-order valence-electron chi connectivity index (χ1n) is 8.53. The van der Waals surface area contributed by atoms with Gasteiger partial charge in [0, 0.05) is 10.7 Å². The Balaban J connectivity index is 1.61. The number of carboxylic acids is 1. The van der Waals surface area contributed by atoms with E-state index < -0.39 is 16.0 Å². The third kappa shape index (κ3) is 5.12. The fraction of sp³-hybridized carbons (Fsp3) is 0.0952. The average molecular weight is 416 g/mol. The zero-order valence-electron chi connectivity index (χ0n) is 14.8. The van der Waals surface area contributed by atoms with Crippen molar-refractivity contribution in [2.75, 3.05) is 4.72 Å². The second-order valence-corrected chi connectivity index (χ2v) is 8.38. The van der Waals surface area contributed by atoms with Crippen LogP contribution in [-0.4, -0.2) is 19.5 Å². The number of hydrogen-bond donors (Lipinski definition) is 2. The van der Waals surface area contributed by atoms with E-state index in [9.17, 15) is 13.2 Å². The van der Waals surface area contributed by atoms with Crippen molar-refractivity contribution in [3.63, 3.8) is 0 Å². The fourth-order valence-corrected chi connectivity index (χ4v) is 3.85. The van der Waals surface area contributed by atoms with Crippen LogP contribution in [0.2, 0.25) is 5.02 Å². The lowest BCUT2D eigenvalue weighted by Crippen LogP contribution is -2.12. The monoisotopic (exact) mass is 415 g/mol. The summed E-state index contributed by atoms with van der Waals surface area (Å²) in [5.41, 5.74) is 2.83. The molecular weight excluding hydrogens is 398 g/mol. The van der Waals surface area contributed by atoms with Gasteiger partial charge >= 0.3 is 5.97 Å². The first kappa shape index (κ1) is 19.9. The second kappa shape index (κ2) is 8.46. The summed E-state index contributed by atoms with van der Waals surface area (Å²) >= 11 is 5.79. The van der Waals surface area contributed by atoms with Crippen molar-refractivity contribution >= 4 is 33.3 Å². The predicted octanol–water partition coefficient (Wildman–Crippen LogP) is 4.62. The van der Waals surface area contributed by atoms with E-state index in [2.05, 4.69) is 4.72 Å². The van der Waals surface area contributed by atoms with Gasteiger partial charge in [-0.3, -0.25) is 4.72 Å². The minimum Gasteiger partial charge on any atom is -0.478 e. The van der Waals surface area contributed by atoms with Crippen LogP contribution in [-0.2, 0) is 22.9 Å². The topological polar surface area (TPSA) is 83.5 Å². The molecule has 0 atom stereocenters. The molecular formula is C21H18ClNO4S. The number of aromatic carboxylic acids is 1. The zero-order chi connectivity index (χ0) is 20.1. The average Bonchev–Trinajstić information content (AvgIpc) is 2.68. The molecule has 0 aromatic heterocycles. The summed E-state index contributed by atoms with van der Waals surface area (Å²) in [6.07, 6.45) is 1.52. The Bertz CT molecular complexity index is 1060. The second-order valence-electron chi connectivity index (χ2n) is 6.26. The van der Waals surface area contributed by atoms with Crippen LogP contribution in [0.3, 0.4) is 0 Å². The number of anilines is 1. The molecule has 0 spiro atoms. The Kier molecular flexibility index (Phi) is 6.02. The molecule has 0 bridgehead atoms. The standard InChI is InChI=1S/C21H18ClNO4S/c22-18-9-13-20(14-10-18)28(26,27)23-19-11-5-16(6-12-19)2-1-15-3-7-17(8-4-15)21(24)25/h3-14,23H,1-2H2,(H,24,25). The molecule has 144 valence electrons. The fourth-order valence-electron chi connectivity index (χ4n) is 2.67. The van der Waals surface area contributed by atoms with E-state index in [0.29, 0.717) is 10.7 Å². The molecule has 0 amide bonds. The van der Waals surface area contributed by atoms with Crippen molar-refractivity contribution in [2.45, 2.75) is 17.7 Å². The minimum atomic E-state index is -3.67. The molecule has 0 heterocycles. The smallest absolute Gasteiger partial charge is 0.335 e. The first-order valence-corrected chi connectivity index (χ1v) is 10.4. The maximum Gasteiger partial charge on any atom is 0.335 e. The predicted molar refractivity (Wildman–Crippen MR) is 110 cm³/mol. The first-order chi connectivity index (χ1) is 13.3. The van der Waals surface area contributed by atoms with Crippen molar-refractivity contribution in [1.29, 1.82) is 0 Å². The number of nitrogens with one attached hydrogen (secondary N) is 1. The van der Waals surface area contributed by atoms with Crippen LogP contribution in [0.25, 0.3) is 0 Å². The van der Waals surface area contributed by atoms with Gasteiger partial charge in [-0.1, -0.05) is 35.9 Å². The van der Waals surface area contributed by atoms with Crippen LogP contribution >= 0.6 is 11.6 Å². The van der Waals surface area contributed by atoms with Crippen LogP contribution in [0, 0.1) is 0 Å². The molecule has 0 saturated heterocycles. The Morgan fingerprint density at radius 2 is 1.32 bits per heavy atom. The molecule has 0 aliphatic rings. The van der Waals surface area contributed by atoms with Crippen LogP contribution < -0.4 is 4.72 Å². The summed E-state index contributed by atoms with van der Waals surface area (Å²) < 4.78 is 27.3. The molecule has 3 aromatic carbocycles. The Labute approximate surface area is 168 Å².